The first-order chi connectivity index (χ1) is 30.7. The molecule has 3 unspecified atom stereocenters. The van der Waals surface area contributed by atoms with Crippen LogP contribution in [0, 0.1) is 55.6 Å². The molecule has 3 aliphatic heterocycles. The van der Waals surface area contributed by atoms with Gasteiger partial charge in [-0.2, -0.15) is 0 Å². The summed E-state index contributed by atoms with van der Waals surface area (Å²) in [5.74, 6) is 0.257. The second kappa shape index (κ2) is 44.9. The van der Waals surface area contributed by atoms with E-state index in [1.807, 2.05) is 59.1 Å². The Kier molecular flexibility index (Phi) is 52.0. The van der Waals surface area contributed by atoms with E-state index >= 15 is 0 Å². The molecular weight excluding hydrogens is 1680 g/mol. The summed E-state index contributed by atoms with van der Waals surface area (Å²) in [7, 11) is 4.86. The van der Waals surface area contributed by atoms with Crippen molar-refractivity contribution in [2.45, 2.75) is 107 Å². The van der Waals surface area contributed by atoms with Gasteiger partial charge >= 0.3 is 0 Å². The number of rotatable bonds is 16. The second-order valence-electron chi connectivity index (χ2n) is 15.2. The maximum absolute atomic E-state index is 12.0. The van der Waals surface area contributed by atoms with Crippen LogP contribution < -0.4 is 22.4 Å². The van der Waals surface area contributed by atoms with Crippen molar-refractivity contribution in [2.24, 2.45) is 17.8 Å². The maximum Gasteiger partial charge on any atom is 0.260 e. The van der Waals surface area contributed by atoms with Gasteiger partial charge in [0.2, 0.25) is 5.91 Å². The molecule has 24 heteroatoms. The zero-order valence-corrected chi connectivity index (χ0v) is 58.1. The standard InChI is InChI=1S/C16H21N3O4.C15H18N2O4.C15H20N2O3.3CH4.3W.3Y/c1-4-17-14(20)6-5-12-8-18-16(21)19(9-12)15-7-11(2)13(23-15)10-22-3;1-10-6-14(21-13(10)9-20-3)17-8-12(5-4-11(2)18)7-16-15(17)19;1-4-5-6-12-8-16-15(18)17(9-12)14-7-11(2)13(20-14)10-19-3;;;;;;;;;/h5-7,9,11,13,15H,4,10H2,1-3H3,(H,17,20);4-6,8,10,13-14H,9H2,1-3H3;5-7,9,11,13-14H,4,10H2,1-3H3;3*1H4;;;;;;/q3*-2;;;;;;;;;/b6-5+;5-4+;6-5+;;;;;;;;;/t11?,13-,15-;10?,13-,14-;11?,13-,14-;;;;;;;;;/m111........./s1. The van der Waals surface area contributed by atoms with Gasteiger partial charge in [0.25, 0.3) is 17.1 Å². The van der Waals surface area contributed by atoms with Crippen LogP contribution in [0.15, 0.2) is 51.2 Å². The first kappa shape index (κ1) is 84.4. The van der Waals surface area contributed by atoms with Crippen molar-refractivity contribution in [1.29, 1.82) is 0 Å². The summed E-state index contributed by atoms with van der Waals surface area (Å²) in [6, 6.07) is 0. The third-order valence-corrected chi connectivity index (χ3v) is 10.1. The van der Waals surface area contributed by atoms with Gasteiger partial charge in [-0.15, -0.1) is 58.7 Å². The molecule has 6 rings (SSSR count). The van der Waals surface area contributed by atoms with Gasteiger partial charge in [-0.25, -0.2) is 0 Å². The SMILES string of the molecule is C.C.C.CC/C=C/c1[c-]nc(=O)n([C@H]2[CH-]C(C)[C@@H](COC)O2)c1.CCNC(=O)/C=C/c1[c-]nc(=O)n([C@H]2[CH-]C(C)[C@@H](COC)O2)c1.COC[C@H]1O[C@@H](n2cc(/C=C/C(C)=O)[c-]nc2=O)[CH-]C1C.[W].[W].[W].[Y].[Y].[Y]. The number of amides is 1. The predicted octanol–water partition coefficient (Wildman–Crippen LogP) is 5.35. The van der Waals surface area contributed by atoms with Crippen LogP contribution >= 0.6 is 0 Å². The Balaban J connectivity index is -0.000000218. The van der Waals surface area contributed by atoms with E-state index in [0.717, 1.165) is 12.0 Å². The number of allylic oxidation sites excluding steroid dienone is 2. The van der Waals surface area contributed by atoms with Crippen molar-refractivity contribution >= 4 is 29.9 Å². The molecule has 1 amide bonds. The van der Waals surface area contributed by atoms with Gasteiger partial charge in [0.05, 0.1) is 38.1 Å². The molecule has 3 aromatic heterocycles. The molecule has 3 radical (unpaired) electrons. The van der Waals surface area contributed by atoms with Crippen LogP contribution in [0.4, 0.5) is 0 Å². The van der Waals surface area contributed by atoms with Crippen LogP contribution in [0.3, 0.4) is 0 Å². The number of ether oxygens (including phenoxy) is 6. The number of carbonyl (C=O) groups is 2. The first-order valence-electron chi connectivity index (χ1n) is 21.0. The number of nitrogens with one attached hydrogen (secondary N) is 1. The number of likely N-dealkylation sites (N-methyl/N-ethyl adjacent to an activating group) is 1. The van der Waals surface area contributed by atoms with E-state index in [2.05, 4.69) is 45.8 Å². The second-order valence-corrected chi connectivity index (χ2v) is 15.2. The predicted molar refractivity (Wildman–Crippen MR) is 257 cm³/mol. The zero-order chi connectivity index (χ0) is 46.8. The molecule has 401 valence electrons. The van der Waals surface area contributed by atoms with Crippen LogP contribution in [0.1, 0.15) is 106 Å². The summed E-state index contributed by atoms with van der Waals surface area (Å²) >= 11 is 0. The molecule has 3 aliphatic rings. The molecule has 0 spiro atoms. The van der Waals surface area contributed by atoms with E-state index in [9.17, 15) is 24.0 Å². The van der Waals surface area contributed by atoms with Gasteiger partial charge < -0.3 is 76.8 Å². The summed E-state index contributed by atoms with van der Waals surface area (Å²) in [6.07, 6.45) is 27.8. The molecule has 18 nitrogen and oxygen atoms in total. The number of carbonyl (C=O) groups excluding carboxylic acids is 2. The molecule has 0 aromatic carbocycles. The van der Waals surface area contributed by atoms with Crippen LogP contribution in [-0.2, 0) is 199 Å². The molecule has 0 bridgehead atoms. The number of aromatic nitrogens is 6. The topological polar surface area (TPSA) is 206 Å². The quantitative estimate of drug-likeness (QED) is 0.142. The molecule has 0 aliphatic carbocycles. The summed E-state index contributed by atoms with van der Waals surface area (Å²) in [4.78, 5) is 69.2. The van der Waals surface area contributed by atoms with Gasteiger partial charge in [-0.05, 0) is 63.6 Å². The Morgan fingerprint density at radius 2 is 0.932 bits per heavy atom. The van der Waals surface area contributed by atoms with Gasteiger partial charge in [-0.3, -0.25) is 28.9 Å². The third-order valence-electron chi connectivity index (χ3n) is 10.1. The van der Waals surface area contributed by atoms with Crippen molar-refractivity contribution < 1.29 is 199 Å². The average molecular weight is 1750 g/mol. The molecule has 0 saturated carbocycles. The van der Waals surface area contributed by atoms with Crippen LogP contribution in [-0.4, -0.2) is 106 Å². The van der Waals surface area contributed by atoms with Gasteiger partial charge in [0.1, 0.15) is 5.78 Å². The van der Waals surface area contributed by atoms with Crippen molar-refractivity contribution in [2.75, 3.05) is 47.7 Å². The van der Waals surface area contributed by atoms with Crippen molar-refractivity contribution in [3.63, 3.8) is 0 Å². The smallest absolute Gasteiger partial charge is 0.260 e. The van der Waals surface area contributed by atoms with E-state index in [-0.39, 0.29) is 237 Å². The molecule has 3 saturated heterocycles. The normalized spacial score (nSPS) is 22.2. The van der Waals surface area contributed by atoms with Crippen molar-refractivity contribution in [1.82, 2.24) is 34.0 Å². The Morgan fingerprint density at radius 3 is 1.22 bits per heavy atom. The van der Waals surface area contributed by atoms with E-state index in [1.54, 1.807) is 52.1 Å². The van der Waals surface area contributed by atoms with Crippen LogP contribution in [0.2, 0.25) is 0 Å². The number of nitrogens with zero attached hydrogens (tertiary/aromatic N) is 6. The summed E-state index contributed by atoms with van der Waals surface area (Å²) in [6.45, 7) is 13.4. The Hall–Kier alpha value is 0.137. The zero-order valence-electron chi connectivity index (χ0n) is 40.8. The fourth-order valence-corrected chi connectivity index (χ4v) is 6.59. The Labute approximate surface area is 551 Å². The fourth-order valence-electron chi connectivity index (χ4n) is 6.59. The maximum atomic E-state index is 12.0. The number of hydrogen-bond donors (Lipinski definition) is 1. The Morgan fingerprint density at radius 1 is 0.616 bits per heavy atom. The fraction of sp³-hybridized carbons (Fsp3) is 0.531. The molecule has 9 atom stereocenters. The third kappa shape index (κ3) is 27.7. The minimum Gasteiger partial charge on any atom is -0.388 e. The minimum atomic E-state index is -0.503. The summed E-state index contributed by atoms with van der Waals surface area (Å²) in [5.41, 5.74) is 0.588. The molecular formula is C49H71N7O11W3Y3-6. The van der Waals surface area contributed by atoms with Gasteiger partial charge in [-0.1, -0.05) is 74.6 Å². The Bertz CT molecular complexity index is 2270. The van der Waals surface area contributed by atoms with E-state index in [0.29, 0.717) is 37.5 Å². The summed E-state index contributed by atoms with van der Waals surface area (Å²) in [5, 5.41) is 2.65. The minimum absolute atomic E-state index is 0. The van der Waals surface area contributed by atoms with E-state index in [4.69, 9.17) is 28.4 Å². The number of methoxy groups -OCH3 is 3. The van der Waals surface area contributed by atoms with Crippen LogP contribution in [0.5, 0.6) is 0 Å². The average Bonchev–Trinajstić information content (AvgIpc) is 3.95. The van der Waals surface area contributed by atoms with E-state index < -0.39 is 30.1 Å². The first-order valence-corrected chi connectivity index (χ1v) is 21.0. The van der Waals surface area contributed by atoms with Gasteiger partial charge in [0, 0.05) is 189 Å². The largest absolute Gasteiger partial charge is 0.388 e. The number of hydrogen-bond acceptors (Lipinski definition) is 14. The van der Waals surface area contributed by atoms with Crippen molar-refractivity contribution in [3.8, 4) is 0 Å². The monoisotopic (exact) mass is 1750 g/mol. The number of ketones is 1. The molecule has 6 heterocycles. The molecule has 3 aromatic rings. The molecule has 73 heavy (non-hydrogen) atoms. The molecule has 1 N–H and O–H groups in total. The summed E-state index contributed by atoms with van der Waals surface area (Å²) < 4.78 is 37.1. The van der Waals surface area contributed by atoms with Crippen LogP contribution in [0.25, 0.3) is 18.2 Å². The van der Waals surface area contributed by atoms with Gasteiger partial charge in [0.15, 0.2) is 0 Å². The van der Waals surface area contributed by atoms with E-state index in [1.165, 1.54) is 32.8 Å². The van der Waals surface area contributed by atoms with Crippen molar-refractivity contribution in [3.05, 3.63) is 123 Å². The molecule has 3 fully saturated rings.